The predicted octanol–water partition coefficient (Wildman–Crippen LogP) is 2.09. The molecule has 56 valence electrons. The van der Waals surface area contributed by atoms with Crippen molar-refractivity contribution in [1.29, 1.82) is 0 Å². The summed E-state index contributed by atoms with van der Waals surface area (Å²) in [6.07, 6.45) is 3.97. The molecule has 2 rings (SSSR count). The third kappa shape index (κ3) is 1.37. The third-order valence-corrected chi connectivity index (χ3v) is 3.69. The van der Waals surface area contributed by atoms with Crippen molar-refractivity contribution in [2.45, 2.75) is 19.3 Å². The third-order valence-electron chi connectivity index (χ3n) is 2.17. The average Bonchev–Trinajstić information content (AvgIpc) is 2.06. The van der Waals surface area contributed by atoms with E-state index in [1.54, 1.807) is 28.8 Å². The second-order valence-electron chi connectivity index (χ2n) is 2.93. The Morgan fingerprint density at radius 2 is 1.91 bits per heavy atom. The predicted molar refractivity (Wildman–Crippen MR) is 43.5 cm³/mol. The van der Waals surface area contributed by atoms with Crippen LogP contribution in [0, 0.1) is 0 Å². The van der Waals surface area contributed by atoms with Gasteiger partial charge in [-0.25, -0.2) is 0 Å². The molecule has 0 saturated carbocycles. The van der Waals surface area contributed by atoms with E-state index in [0.29, 0.717) is 0 Å². The molecular formula is C10H10W. The van der Waals surface area contributed by atoms with E-state index in [9.17, 15) is 0 Å². The van der Waals surface area contributed by atoms with E-state index in [4.69, 9.17) is 0 Å². The second kappa shape index (κ2) is 3.03. The van der Waals surface area contributed by atoms with Crippen LogP contribution in [0.3, 0.4) is 0 Å². The van der Waals surface area contributed by atoms with Crippen LogP contribution in [0.4, 0.5) is 0 Å². The van der Waals surface area contributed by atoms with Gasteiger partial charge in [-0.3, -0.25) is 0 Å². The Bertz CT molecular complexity index is 289. The van der Waals surface area contributed by atoms with Crippen molar-refractivity contribution in [1.82, 2.24) is 0 Å². The molecule has 0 radical (unpaired) electrons. The van der Waals surface area contributed by atoms with Gasteiger partial charge in [0, 0.05) is 0 Å². The van der Waals surface area contributed by atoms with Gasteiger partial charge in [-0.15, -0.1) is 0 Å². The van der Waals surface area contributed by atoms with Gasteiger partial charge in [-0.2, -0.15) is 0 Å². The summed E-state index contributed by atoms with van der Waals surface area (Å²) in [6, 6.07) is 8.81. The molecule has 1 heteroatoms. The van der Waals surface area contributed by atoms with Gasteiger partial charge >= 0.3 is 77.9 Å². The molecule has 0 bridgehead atoms. The first-order valence-corrected chi connectivity index (χ1v) is 5.46. The summed E-state index contributed by atoms with van der Waals surface area (Å²) in [7, 11) is 0. The molecule has 0 aliphatic heterocycles. The van der Waals surface area contributed by atoms with E-state index in [2.05, 4.69) is 24.3 Å². The molecule has 11 heavy (non-hydrogen) atoms. The van der Waals surface area contributed by atoms with Crippen molar-refractivity contribution in [3.63, 3.8) is 0 Å². The average molecular weight is 314 g/mol. The summed E-state index contributed by atoms with van der Waals surface area (Å²) in [5, 5.41) is 0. The van der Waals surface area contributed by atoms with Crippen molar-refractivity contribution in [2.24, 2.45) is 0 Å². The molecule has 0 aromatic heterocycles. The van der Waals surface area contributed by atoms with Crippen molar-refractivity contribution in [3.8, 4) is 0 Å². The van der Waals surface area contributed by atoms with E-state index in [1.165, 1.54) is 24.8 Å². The summed E-state index contributed by atoms with van der Waals surface area (Å²) < 4.78 is 1.65. The zero-order chi connectivity index (χ0) is 7.68. The fourth-order valence-electron chi connectivity index (χ4n) is 1.58. The van der Waals surface area contributed by atoms with Crippen LogP contribution in [0.25, 0.3) is 0 Å². The van der Waals surface area contributed by atoms with Gasteiger partial charge in [0.25, 0.3) is 0 Å². The van der Waals surface area contributed by atoms with Crippen molar-refractivity contribution >= 4 is 3.90 Å². The van der Waals surface area contributed by atoms with Gasteiger partial charge < -0.3 is 0 Å². The Labute approximate surface area is 78.0 Å². The van der Waals surface area contributed by atoms with Gasteiger partial charge in [-0.1, -0.05) is 0 Å². The van der Waals surface area contributed by atoms with Crippen LogP contribution in [0.1, 0.15) is 24.0 Å². The van der Waals surface area contributed by atoms with Gasteiger partial charge in [0.2, 0.25) is 0 Å². The zero-order valence-corrected chi connectivity index (χ0v) is 9.27. The Balaban J connectivity index is 2.52. The maximum absolute atomic E-state index is 2.26. The van der Waals surface area contributed by atoms with Gasteiger partial charge in [0.1, 0.15) is 0 Å². The van der Waals surface area contributed by atoms with Crippen LogP contribution in [0.2, 0.25) is 0 Å². The molecule has 0 nitrogen and oxygen atoms in total. The Kier molecular flexibility index (Phi) is 2.04. The monoisotopic (exact) mass is 314 g/mol. The van der Waals surface area contributed by atoms with Crippen LogP contribution in [0.15, 0.2) is 24.3 Å². The van der Waals surface area contributed by atoms with Crippen LogP contribution in [-0.2, 0) is 25.8 Å². The molecule has 1 aliphatic rings. The number of hydrogen-bond acceptors (Lipinski definition) is 0. The molecule has 0 unspecified atom stereocenters. The normalized spacial score (nSPS) is 16.2. The minimum absolute atomic E-state index is 1.28. The van der Waals surface area contributed by atoms with E-state index in [0.717, 1.165) is 0 Å². The molecule has 0 atom stereocenters. The van der Waals surface area contributed by atoms with Gasteiger partial charge in [0.15, 0.2) is 0 Å². The molecule has 0 heterocycles. The SMILES string of the molecule is [W]=[C]1CCCc2ccccc21. The number of fused-ring (bicyclic) bond motifs is 1. The first-order chi connectivity index (χ1) is 5.38. The summed E-state index contributed by atoms with van der Waals surface area (Å²) >= 11 is 1.65. The van der Waals surface area contributed by atoms with Crippen LogP contribution >= 0.6 is 0 Å². The Morgan fingerprint density at radius 3 is 2.73 bits per heavy atom. The minimum atomic E-state index is 1.28. The summed E-state index contributed by atoms with van der Waals surface area (Å²) in [5.74, 6) is 0. The molecule has 0 fully saturated rings. The quantitative estimate of drug-likeness (QED) is 0.688. The van der Waals surface area contributed by atoms with E-state index in [-0.39, 0.29) is 0 Å². The molecule has 0 saturated heterocycles. The standard InChI is InChI=1S/C10H10.W/c1-2-6-10-8-4-3-7-9(10)5-1;/h1-2,5-6H,3-4,7H2;. The van der Waals surface area contributed by atoms with Crippen LogP contribution in [0.5, 0.6) is 0 Å². The molecular weight excluding hydrogens is 304 g/mol. The van der Waals surface area contributed by atoms with Crippen LogP contribution < -0.4 is 0 Å². The first-order valence-electron chi connectivity index (χ1n) is 3.99. The second-order valence-corrected chi connectivity index (χ2v) is 4.70. The van der Waals surface area contributed by atoms with Gasteiger partial charge in [-0.05, 0) is 0 Å². The van der Waals surface area contributed by atoms with Crippen LogP contribution in [-0.4, -0.2) is 3.90 Å². The molecule has 0 N–H and O–H groups in total. The number of rotatable bonds is 0. The van der Waals surface area contributed by atoms with E-state index < -0.39 is 0 Å². The maximum atomic E-state index is 2.26. The molecule has 1 aromatic carbocycles. The Morgan fingerprint density at radius 1 is 1.09 bits per heavy atom. The summed E-state index contributed by atoms with van der Waals surface area (Å²) in [5.41, 5.74) is 3.09. The number of aryl methyl sites for hydroxylation is 1. The molecule has 0 spiro atoms. The summed E-state index contributed by atoms with van der Waals surface area (Å²) in [4.78, 5) is 0. The molecule has 0 amide bonds. The zero-order valence-electron chi connectivity index (χ0n) is 6.34. The molecule has 1 aromatic rings. The Hall–Kier alpha value is -0.222. The van der Waals surface area contributed by atoms with E-state index in [1.807, 2.05) is 0 Å². The number of hydrogen-bond donors (Lipinski definition) is 0. The first kappa shape index (κ1) is 7.43. The fourth-order valence-corrected chi connectivity index (χ4v) is 2.82. The van der Waals surface area contributed by atoms with Crippen molar-refractivity contribution in [3.05, 3.63) is 35.4 Å². The fraction of sp³-hybridized carbons (Fsp3) is 0.300. The molecule has 1 aliphatic carbocycles. The number of benzene rings is 1. The van der Waals surface area contributed by atoms with Gasteiger partial charge in [0.05, 0.1) is 0 Å². The summed E-state index contributed by atoms with van der Waals surface area (Å²) in [6.45, 7) is 0. The van der Waals surface area contributed by atoms with Crippen molar-refractivity contribution < 1.29 is 19.4 Å². The van der Waals surface area contributed by atoms with Crippen molar-refractivity contribution in [2.75, 3.05) is 0 Å². The van der Waals surface area contributed by atoms with E-state index >= 15 is 0 Å². The topological polar surface area (TPSA) is 0 Å².